The molecule has 0 aliphatic carbocycles. The summed E-state index contributed by atoms with van der Waals surface area (Å²) in [6, 6.07) is 12.4. The predicted molar refractivity (Wildman–Crippen MR) is 131 cm³/mol. The summed E-state index contributed by atoms with van der Waals surface area (Å²) in [5.74, 6) is -0.437. The zero-order chi connectivity index (χ0) is 24.4. The Hall–Kier alpha value is -3.24. The molecule has 1 atom stereocenters. The molecule has 1 unspecified atom stereocenters. The normalized spacial score (nSPS) is 15.9. The third kappa shape index (κ3) is 4.97. The molecule has 1 aliphatic rings. The summed E-state index contributed by atoms with van der Waals surface area (Å²) in [5.41, 5.74) is 0.463. The summed E-state index contributed by atoms with van der Waals surface area (Å²) in [4.78, 5) is 48.9. The molecule has 0 saturated carbocycles. The van der Waals surface area contributed by atoms with Crippen LogP contribution in [0.4, 0.5) is 10.7 Å². The van der Waals surface area contributed by atoms with E-state index in [1.165, 1.54) is 25.8 Å². The van der Waals surface area contributed by atoms with Gasteiger partial charge in [0.25, 0.3) is 5.91 Å². The quantitative estimate of drug-likeness (QED) is 0.533. The highest BCUT2D eigenvalue weighted by molar-refractivity contribution is 7.16. The number of Topliss-reactive ketones (excluding diaryl/α,β-unsaturated/α-hetero) is 1. The first kappa shape index (κ1) is 23.9. The second-order valence-corrected chi connectivity index (χ2v) is 10.1. The molecule has 9 nitrogen and oxygen atoms in total. The standard InChI is InChI=1S/C23H25ClN6O3S/c1-27(2)23(33)29-12-11-17(18(31)14-29)20-25-22(28(3)13-16-9-10-19(24)34-16)30(26-20)21(32)15-7-5-4-6-8-15/h4-10,17H,11-14H2,1-3H3. The van der Waals surface area contributed by atoms with E-state index < -0.39 is 5.92 Å². The van der Waals surface area contributed by atoms with Crippen molar-refractivity contribution in [3.63, 3.8) is 0 Å². The van der Waals surface area contributed by atoms with Crippen molar-refractivity contribution in [1.29, 1.82) is 0 Å². The van der Waals surface area contributed by atoms with Crippen molar-refractivity contribution in [2.45, 2.75) is 18.9 Å². The minimum absolute atomic E-state index is 0.0122. The summed E-state index contributed by atoms with van der Waals surface area (Å²) in [7, 11) is 5.12. The number of carbonyl (C=O) groups excluding carboxylic acids is 3. The van der Waals surface area contributed by atoms with E-state index >= 15 is 0 Å². The topological polar surface area (TPSA) is 91.6 Å². The highest BCUT2D eigenvalue weighted by atomic mass is 35.5. The fourth-order valence-electron chi connectivity index (χ4n) is 3.84. The number of thiophene rings is 1. The lowest BCUT2D eigenvalue weighted by Gasteiger charge is -2.31. The number of ketones is 1. The summed E-state index contributed by atoms with van der Waals surface area (Å²) >= 11 is 7.52. The molecule has 0 radical (unpaired) electrons. The van der Waals surface area contributed by atoms with Gasteiger partial charge in [-0.25, -0.2) is 4.79 Å². The molecule has 4 rings (SSSR count). The average Bonchev–Trinajstić information content (AvgIpc) is 3.44. The van der Waals surface area contributed by atoms with Crippen LogP contribution in [0.2, 0.25) is 4.34 Å². The number of amides is 2. The second-order valence-electron chi connectivity index (χ2n) is 8.32. The number of piperidine rings is 1. The van der Waals surface area contributed by atoms with Gasteiger partial charge in [-0.05, 0) is 30.7 Å². The molecule has 3 aromatic rings. The number of benzene rings is 1. The molecular formula is C23H25ClN6O3S. The lowest BCUT2D eigenvalue weighted by atomic mass is 9.95. The van der Waals surface area contributed by atoms with Gasteiger partial charge in [0, 0.05) is 38.1 Å². The smallest absolute Gasteiger partial charge is 0.319 e. The average molecular weight is 501 g/mol. The minimum Gasteiger partial charge on any atom is -0.339 e. The maximum absolute atomic E-state index is 13.3. The highest BCUT2D eigenvalue weighted by Gasteiger charge is 2.35. The Bertz CT molecular complexity index is 1210. The van der Waals surface area contributed by atoms with Crippen molar-refractivity contribution >= 4 is 46.6 Å². The number of likely N-dealkylation sites (tertiary alicyclic amines) is 1. The molecule has 1 aromatic carbocycles. The molecule has 2 amide bonds. The number of hydrogen-bond acceptors (Lipinski definition) is 7. The number of urea groups is 1. The number of halogens is 1. The summed E-state index contributed by atoms with van der Waals surface area (Å²) in [5, 5.41) is 4.49. The lowest BCUT2D eigenvalue weighted by Crippen LogP contribution is -2.47. The van der Waals surface area contributed by atoms with E-state index in [2.05, 4.69) is 10.1 Å². The third-order valence-electron chi connectivity index (χ3n) is 5.57. The van der Waals surface area contributed by atoms with Crippen molar-refractivity contribution in [1.82, 2.24) is 24.6 Å². The van der Waals surface area contributed by atoms with Crippen LogP contribution in [0.15, 0.2) is 42.5 Å². The first-order valence-electron chi connectivity index (χ1n) is 10.8. The predicted octanol–water partition coefficient (Wildman–Crippen LogP) is 3.36. The van der Waals surface area contributed by atoms with Crippen LogP contribution in [0.1, 0.15) is 33.4 Å². The van der Waals surface area contributed by atoms with Crippen LogP contribution in [0, 0.1) is 0 Å². The van der Waals surface area contributed by atoms with Crippen molar-refractivity contribution in [3.8, 4) is 0 Å². The largest absolute Gasteiger partial charge is 0.339 e. The third-order valence-corrected chi connectivity index (χ3v) is 6.79. The molecule has 1 aliphatic heterocycles. The maximum atomic E-state index is 13.3. The van der Waals surface area contributed by atoms with Gasteiger partial charge < -0.3 is 14.7 Å². The van der Waals surface area contributed by atoms with Gasteiger partial charge >= 0.3 is 6.03 Å². The first-order chi connectivity index (χ1) is 16.2. The van der Waals surface area contributed by atoms with Gasteiger partial charge in [-0.1, -0.05) is 29.8 Å². The van der Waals surface area contributed by atoms with Gasteiger partial charge in [0.05, 0.1) is 23.3 Å². The Kier molecular flexibility index (Phi) is 6.99. The molecule has 1 fully saturated rings. The van der Waals surface area contributed by atoms with E-state index in [9.17, 15) is 14.4 Å². The molecular weight excluding hydrogens is 476 g/mol. The van der Waals surface area contributed by atoms with Gasteiger partial charge in [0.1, 0.15) is 0 Å². The van der Waals surface area contributed by atoms with E-state index in [0.717, 1.165) is 4.88 Å². The summed E-state index contributed by atoms with van der Waals surface area (Å²) < 4.78 is 1.93. The van der Waals surface area contributed by atoms with Crippen LogP contribution in [-0.2, 0) is 11.3 Å². The van der Waals surface area contributed by atoms with Crippen LogP contribution in [0.25, 0.3) is 0 Å². The Morgan fingerprint density at radius 3 is 2.50 bits per heavy atom. The molecule has 11 heteroatoms. The molecule has 0 bridgehead atoms. The number of aromatic nitrogens is 3. The lowest BCUT2D eigenvalue weighted by molar-refractivity contribution is -0.123. The minimum atomic E-state index is -0.584. The Morgan fingerprint density at radius 1 is 1.15 bits per heavy atom. The molecule has 3 heterocycles. The van der Waals surface area contributed by atoms with Crippen molar-refractivity contribution in [3.05, 3.63) is 63.1 Å². The van der Waals surface area contributed by atoms with E-state index in [1.807, 2.05) is 30.1 Å². The SMILES string of the molecule is CN(C)C(=O)N1CCC(c2nc(N(C)Cc3ccc(Cl)s3)n(C(=O)c3ccccc3)n2)C(=O)C1. The number of anilines is 1. The molecule has 178 valence electrons. The van der Waals surface area contributed by atoms with E-state index in [-0.39, 0.29) is 30.1 Å². The zero-order valence-corrected chi connectivity index (χ0v) is 20.7. The van der Waals surface area contributed by atoms with Crippen LogP contribution >= 0.6 is 22.9 Å². The molecule has 1 saturated heterocycles. The van der Waals surface area contributed by atoms with Crippen molar-refractivity contribution < 1.29 is 14.4 Å². The first-order valence-corrected chi connectivity index (χ1v) is 11.9. The van der Waals surface area contributed by atoms with Crippen LogP contribution in [-0.4, -0.2) is 76.5 Å². The number of carbonyl (C=O) groups is 3. The van der Waals surface area contributed by atoms with Crippen LogP contribution in [0.5, 0.6) is 0 Å². The van der Waals surface area contributed by atoms with Crippen LogP contribution < -0.4 is 4.90 Å². The Morgan fingerprint density at radius 2 is 1.88 bits per heavy atom. The van der Waals surface area contributed by atoms with Gasteiger partial charge in [-0.3, -0.25) is 9.59 Å². The van der Waals surface area contributed by atoms with Crippen molar-refractivity contribution in [2.75, 3.05) is 39.1 Å². The fourth-order valence-corrected chi connectivity index (χ4v) is 4.98. The van der Waals surface area contributed by atoms with Gasteiger partial charge in [0.15, 0.2) is 11.6 Å². The molecule has 2 aromatic heterocycles. The Labute approximate surface area is 206 Å². The molecule has 0 spiro atoms. The number of rotatable bonds is 5. The van der Waals surface area contributed by atoms with Gasteiger partial charge in [-0.15, -0.1) is 16.4 Å². The van der Waals surface area contributed by atoms with E-state index in [1.54, 1.807) is 38.4 Å². The second kappa shape index (κ2) is 9.94. The van der Waals surface area contributed by atoms with Gasteiger partial charge in [-0.2, -0.15) is 9.67 Å². The van der Waals surface area contributed by atoms with E-state index in [0.29, 0.717) is 35.4 Å². The van der Waals surface area contributed by atoms with E-state index in [4.69, 9.17) is 11.6 Å². The monoisotopic (exact) mass is 500 g/mol. The number of hydrogen-bond donors (Lipinski definition) is 0. The molecule has 0 N–H and O–H groups in total. The fraction of sp³-hybridized carbons (Fsp3) is 0.348. The maximum Gasteiger partial charge on any atom is 0.319 e. The summed E-state index contributed by atoms with van der Waals surface area (Å²) in [6.07, 6.45) is 0.394. The molecule has 34 heavy (non-hydrogen) atoms. The number of nitrogens with zero attached hydrogens (tertiary/aromatic N) is 6. The van der Waals surface area contributed by atoms with Gasteiger partial charge in [0.2, 0.25) is 5.95 Å². The zero-order valence-electron chi connectivity index (χ0n) is 19.1. The van der Waals surface area contributed by atoms with Crippen molar-refractivity contribution in [2.24, 2.45) is 0 Å². The summed E-state index contributed by atoms with van der Waals surface area (Å²) in [6.45, 7) is 0.872. The highest BCUT2D eigenvalue weighted by Crippen LogP contribution is 2.28. The Balaban J connectivity index is 1.64. The van der Waals surface area contributed by atoms with Crippen LogP contribution in [0.3, 0.4) is 0 Å².